The third-order valence-electron chi connectivity index (χ3n) is 4.94. The Labute approximate surface area is 140 Å². The predicted octanol–water partition coefficient (Wildman–Crippen LogP) is 3.08. The Balaban J connectivity index is 1.45. The van der Waals surface area contributed by atoms with E-state index >= 15 is 0 Å². The fraction of sp³-hybridized carbons (Fsp3) is 0.444. The molecule has 4 heterocycles. The molecule has 0 N–H and O–H groups in total. The van der Waals surface area contributed by atoms with Gasteiger partial charge in [0, 0.05) is 47.4 Å². The molecule has 0 aliphatic carbocycles. The minimum atomic E-state index is 0.112. The molecular formula is C18H21N3OS. The predicted molar refractivity (Wildman–Crippen MR) is 92.6 cm³/mol. The SMILES string of the molecule is Cc1ccc(CN2CCC3(CC(=O)N(c4ccccn4)C3)C2)s1. The third-order valence-corrected chi connectivity index (χ3v) is 5.92. The highest BCUT2D eigenvalue weighted by Gasteiger charge is 2.47. The number of thiophene rings is 1. The van der Waals surface area contributed by atoms with E-state index < -0.39 is 0 Å². The van der Waals surface area contributed by atoms with Crippen molar-refractivity contribution in [2.75, 3.05) is 24.5 Å². The zero-order valence-corrected chi connectivity index (χ0v) is 14.2. The van der Waals surface area contributed by atoms with Gasteiger partial charge in [-0.3, -0.25) is 14.6 Å². The summed E-state index contributed by atoms with van der Waals surface area (Å²) in [4.78, 5) is 24.0. The molecule has 0 bridgehead atoms. The minimum absolute atomic E-state index is 0.112. The Morgan fingerprint density at radius 1 is 1.26 bits per heavy atom. The average molecular weight is 327 g/mol. The summed E-state index contributed by atoms with van der Waals surface area (Å²) in [5.74, 6) is 1.01. The highest BCUT2D eigenvalue weighted by molar-refractivity contribution is 7.11. The van der Waals surface area contributed by atoms with Crippen LogP contribution in [0.2, 0.25) is 0 Å². The summed E-state index contributed by atoms with van der Waals surface area (Å²) in [6.07, 6.45) is 3.52. The number of carbonyl (C=O) groups excluding carboxylic acids is 1. The van der Waals surface area contributed by atoms with Gasteiger partial charge in [-0.1, -0.05) is 6.07 Å². The lowest BCUT2D eigenvalue weighted by Crippen LogP contribution is -2.31. The van der Waals surface area contributed by atoms with Gasteiger partial charge in [0.05, 0.1) is 0 Å². The molecule has 2 saturated heterocycles. The van der Waals surface area contributed by atoms with Crippen molar-refractivity contribution >= 4 is 23.1 Å². The van der Waals surface area contributed by atoms with E-state index in [9.17, 15) is 4.79 Å². The van der Waals surface area contributed by atoms with Gasteiger partial charge in [0.25, 0.3) is 0 Å². The molecule has 1 spiro atoms. The number of aromatic nitrogens is 1. The highest BCUT2D eigenvalue weighted by Crippen LogP contribution is 2.42. The lowest BCUT2D eigenvalue weighted by Gasteiger charge is -2.23. The van der Waals surface area contributed by atoms with Crippen LogP contribution >= 0.6 is 11.3 Å². The highest BCUT2D eigenvalue weighted by atomic mass is 32.1. The topological polar surface area (TPSA) is 36.4 Å². The molecule has 2 aromatic rings. The van der Waals surface area contributed by atoms with Crippen LogP contribution in [0.5, 0.6) is 0 Å². The molecule has 0 saturated carbocycles. The summed E-state index contributed by atoms with van der Waals surface area (Å²) in [5.41, 5.74) is 0.112. The van der Waals surface area contributed by atoms with Crippen molar-refractivity contribution in [2.45, 2.75) is 26.3 Å². The molecule has 0 aromatic carbocycles. The van der Waals surface area contributed by atoms with Crippen molar-refractivity contribution in [1.29, 1.82) is 0 Å². The van der Waals surface area contributed by atoms with E-state index in [0.29, 0.717) is 6.42 Å². The number of amides is 1. The molecule has 2 aromatic heterocycles. The van der Waals surface area contributed by atoms with E-state index in [4.69, 9.17) is 0 Å². The fourth-order valence-electron chi connectivity index (χ4n) is 3.84. The van der Waals surface area contributed by atoms with Gasteiger partial charge < -0.3 is 0 Å². The summed E-state index contributed by atoms with van der Waals surface area (Å²) in [7, 11) is 0. The van der Waals surface area contributed by atoms with Gasteiger partial charge in [0.2, 0.25) is 5.91 Å². The van der Waals surface area contributed by atoms with E-state index in [-0.39, 0.29) is 11.3 Å². The van der Waals surface area contributed by atoms with E-state index in [2.05, 4.69) is 28.9 Å². The van der Waals surface area contributed by atoms with Crippen molar-refractivity contribution in [1.82, 2.24) is 9.88 Å². The summed E-state index contributed by atoms with van der Waals surface area (Å²) in [5, 5.41) is 0. The number of pyridine rings is 1. The first-order valence-electron chi connectivity index (χ1n) is 8.13. The van der Waals surface area contributed by atoms with E-state index in [0.717, 1.165) is 38.4 Å². The number of likely N-dealkylation sites (tertiary alicyclic amines) is 1. The molecular weight excluding hydrogens is 306 g/mol. The summed E-state index contributed by atoms with van der Waals surface area (Å²) in [6.45, 7) is 6.07. The lowest BCUT2D eigenvalue weighted by atomic mass is 9.86. The first kappa shape index (κ1) is 14.8. The number of hydrogen-bond donors (Lipinski definition) is 0. The van der Waals surface area contributed by atoms with Crippen LogP contribution in [-0.2, 0) is 11.3 Å². The standard InChI is InChI=1S/C18H21N3OS/c1-14-5-6-15(23-14)11-20-9-7-18(12-20)10-17(22)21(13-18)16-4-2-3-8-19-16/h2-6,8H,7,9-13H2,1H3. The molecule has 2 fully saturated rings. The quantitative estimate of drug-likeness (QED) is 0.869. The van der Waals surface area contributed by atoms with Gasteiger partial charge in [-0.05, 0) is 44.2 Å². The van der Waals surface area contributed by atoms with Gasteiger partial charge in [0.15, 0.2) is 0 Å². The van der Waals surface area contributed by atoms with Crippen molar-refractivity contribution in [3.8, 4) is 0 Å². The van der Waals surface area contributed by atoms with Gasteiger partial charge in [-0.25, -0.2) is 4.98 Å². The van der Waals surface area contributed by atoms with Gasteiger partial charge in [0.1, 0.15) is 5.82 Å². The number of carbonyl (C=O) groups is 1. The molecule has 1 amide bonds. The molecule has 23 heavy (non-hydrogen) atoms. The largest absolute Gasteiger partial charge is 0.298 e. The second-order valence-corrected chi connectivity index (χ2v) is 8.19. The zero-order valence-electron chi connectivity index (χ0n) is 13.4. The molecule has 2 aliphatic heterocycles. The molecule has 120 valence electrons. The smallest absolute Gasteiger partial charge is 0.228 e. The van der Waals surface area contributed by atoms with Crippen LogP contribution in [0.1, 0.15) is 22.6 Å². The number of nitrogens with zero attached hydrogens (tertiary/aromatic N) is 3. The van der Waals surface area contributed by atoms with Crippen molar-refractivity contribution in [3.05, 3.63) is 46.3 Å². The molecule has 5 heteroatoms. The van der Waals surface area contributed by atoms with E-state index in [1.54, 1.807) is 6.20 Å². The first-order chi connectivity index (χ1) is 11.1. The lowest BCUT2D eigenvalue weighted by molar-refractivity contribution is -0.117. The Morgan fingerprint density at radius 3 is 2.91 bits per heavy atom. The number of hydrogen-bond acceptors (Lipinski definition) is 4. The molecule has 2 aliphatic rings. The second-order valence-electron chi connectivity index (χ2n) is 6.82. The number of aryl methyl sites for hydroxylation is 1. The van der Waals surface area contributed by atoms with Crippen molar-refractivity contribution in [3.63, 3.8) is 0 Å². The van der Waals surface area contributed by atoms with Gasteiger partial charge >= 0.3 is 0 Å². The van der Waals surface area contributed by atoms with Crippen LogP contribution in [0.25, 0.3) is 0 Å². The van der Waals surface area contributed by atoms with Crippen LogP contribution in [-0.4, -0.2) is 35.4 Å². The minimum Gasteiger partial charge on any atom is -0.298 e. The summed E-state index contributed by atoms with van der Waals surface area (Å²) in [6, 6.07) is 10.2. The van der Waals surface area contributed by atoms with Crippen LogP contribution in [0.3, 0.4) is 0 Å². The van der Waals surface area contributed by atoms with Gasteiger partial charge in [-0.15, -0.1) is 11.3 Å². The van der Waals surface area contributed by atoms with Crippen LogP contribution in [0, 0.1) is 12.3 Å². The van der Waals surface area contributed by atoms with Crippen molar-refractivity contribution < 1.29 is 4.79 Å². The van der Waals surface area contributed by atoms with Crippen LogP contribution in [0.4, 0.5) is 5.82 Å². The Morgan fingerprint density at radius 2 is 2.17 bits per heavy atom. The molecule has 4 rings (SSSR count). The average Bonchev–Trinajstić information content (AvgIpc) is 3.22. The summed E-state index contributed by atoms with van der Waals surface area (Å²) < 4.78 is 0. The Bertz CT molecular complexity index is 714. The maximum Gasteiger partial charge on any atom is 0.228 e. The Kier molecular flexibility index (Phi) is 3.70. The van der Waals surface area contributed by atoms with E-state index in [1.165, 1.54) is 9.75 Å². The van der Waals surface area contributed by atoms with Crippen LogP contribution < -0.4 is 4.90 Å². The number of rotatable bonds is 3. The first-order valence-corrected chi connectivity index (χ1v) is 8.94. The molecule has 1 atom stereocenters. The fourth-order valence-corrected chi connectivity index (χ4v) is 4.78. The number of anilines is 1. The molecule has 0 radical (unpaired) electrons. The zero-order chi connectivity index (χ0) is 15.9. The molecule has 1 unspecified atom stereocenters. The maximum absolute atomic E-state index is 12.5. The van der Waals surface area contributed by atoms with Crippen molar-refractivity contribution in [2.24, 2.45) is 5.41 Å². The molecule has 4 nitrogen and oxygen atoms in total. The third kappa shape index (κ3) is 2.91. The maximum atomic E-state index is 12.5. The normalized spacial score (nSPS) is 24.9. The van der Waals surface area contributed by atoms with Gasteiger partial charge in [-0.2, -0.15) is 0 Å². The van der Waals surface area contributed by atoms with E-state index in [1.807, 2.05) is 34.4 Å². The van der Waals surface area contributed by atoms with Crippen LogP contribution in [0.15, 0.2) is 36.5 Å². The summed E-state index contributed by atoms with van der Waals surface area (Å²) >= 11 is 1.87. The monoisotopic (exact) mass is 327 g/mol. The Hall–Kier alpha value is -1.72. The second kappa shape index (κ2) is 5.73.